The highest BCUT2D eigenvalue weighted by Crippen LogP contribution is 2.27. The summed E-state index contributed by atoms with van der Waals surface area (Å²) in [6.07, 6.45) is 0. The Bertz CT molecular complexity index is 706. The first-order chi connectivity index (χ1) is 9.74. The number of oxazole rings is 1. The predicted molar refractivity (Wildman–Crippen MR) is 88.0 cm³/mol. The third-order valence-corrected chi connectivity index (χ3v) is 4.57. The van der Waals surface area contributed by atoms with E-state index in [0.717, 1.165) is 25.7 Å². The van der Waals surface area contributed by atoms with Crippen LogP contribution in [0.25, 0.3) is 10.8 Å². The molecular weight excluding hydrogens is 385 g/mol. The number of halogens is 1. The zero-order chi connectivity index (χ0) is 13.9. The molecule has 0 radical (unpaired) electrons. The van der Waals surface area contributed by atoms with Crippen LogP contribution in [-0.2, 0) is 6.61 Å². The van der Waals surface area contributed by atoms with Gasteiger partial charge in [-0.15, -0.1) is 11.3 Å². The Hall–Kier alpha value is -1.34. The Labute approximate surface area is 134 Å². The highest BCUT2D eigenvalue weighted by Gasteiger charge is 2.13. The lowest BCUT2D eigenvalue weighted by Gasteiger charge is -2.06. The Morgan fingerprint density at radius 3 is 2.85 bits per heavy atom. The molecule has 5 heteroatoms. The van der Waals surface area contributed by atoms with E-state index in [0.29, 0.717) is 12.5 Å². The molecule has 0 atom stereocenters. The summed E-state index contributed by atoms with van der Waals surface area (Å²) < 4.78 is 12.6. The van der Waals surface area contributed by atoms with Gasteiger partial charge in [-0.3, -0.25) is 0 Å². The second kappa shape index (κ2) is 5.97. The third-order valence-electron chi connectivity index (χ3n) is 2.83. The summed E-state index contributed by atoms with van der Waals surface area (Å²) in [4.78, 5) is 5.55. The standard InChI is InChI=1S/C15H12INO2S/c1-10-12(9-18-13-6-3-2-5-11(13)16)17-15(19-10)14-7-4-8-20-14/h2-8H,9H2,1H3. The summed E-state index contributed by atoms with van der Waals surface area (Å²) in [5.41, 5.74) is 0.841. The Morgan fingerprint density at radius 2 is 2.10 bits per heavy atom. The first kappa shape index (κ1) is 13.6. The second-order valence-electron chi connectivity index (χ2n) is 4.22. The predicted octanol–water partition coefficient (Wildman–Crippen LogP) is 4.90. The van der Waals surface area contributed by atoms with E-state index in [9.17, 15) is 0 Å². The molecule has 0 aliphatic rings. The van der Waals surface area contributed by atoms with Gasteiger partial charge in [0.1, 0.15) is 23.8 Å². The van der Waals surface area contributed by atoms with Gasteiger partial charge >= 0.3 is 0 Å². The van der Waals surface area contributed by atoms with Crippen LogP contribution in [0, 0.1) is 10.5 Å². The van der Waals surface area contributed by atoms with Crippen molar-refractivity contribution in [2.45, 2.75) is 13.5 Å². The van der Waals surface area contributed by atoms with Gasteiger partial charge in [-0.2, -0.15) is 0 Å². The number of hydrogen-bond acceptors (Lipinski definition) is 4. The van der Waals surface area contributed by atoms with Gasteiger partial charge in [-0.25, -0.2) is 4.98 Å². The summed E-state index contributed by atoms with van der Waals surface area (Å²) in [5.74, 6) is 2.34. The molecule has 0 fully saturated rings. The van der Waals surface area contributed by atoms with Gasteiger partial charge in [0.25, 0.3) is 0 Å². The average Bonchev–Trinajstić information content (AvgIpc) is 3.07. The summed E-state index contributed by atoms with van der Waals surface area (Å²) >= 11 is 3.88. The molecule has 0 aliphatic heterocycles. The van der Waals surface area contributed by atoms with Crippen molar-refractivity contribution in [2.75, 3.05) is 0 Å². The first-order valence-corrected chi connectivity index (χ1v) is 8.07. The molecule has 0 spiro atoms. The lowest BCUT2D eigenvalue weighted by molar-refractivity contribution is 0.297. The molecule has 0 N–H and O–H groups in total. The number of nitrogens with zero attached hydrogens (tertiary/aromatic N) is 1. The number of benzene rings is 1. The van der Waals surface area contributed by atoms with Crippen LogP contribution >= 0.6 is 33.9 Å². The lowest BCUT2D eigenvalue weighted by atomic mass is 10.3. The van der Waals surface area contributed by atoms with Crippen molar-refractivity contribution in [2.24, 2.45) is 0 Å². The smallest absolute Gasteiger partial charge is 0.236 e. The highest BCUT2D eigenvalue weighted by atomic mass is 127. The van der Waals surface area contributed by atoms with Crippen LogP contribution < -0.4 is 4.74 Å². The number of hydrogen-bond donors (Lipinski definition) is 0. The molecule has 0 saturated carbocycles. The monoisotopic (exact) mass is 397 g/mol. The molecule has 3 nitrogen and oxygen atoms in total. The van der Waals surface area contributed by atoms with E-state index in [4.69, 9.17) is 9.15 Å². The van der Waals surface area contributed by atoms with Crippen LogP contribution in [-0.4, -0.2) is 4.98 Å². The second-order valence-corrected chi connectivity index (χ2v) is 6.33. The summed E-state index contributed by atoms with van der Waals surface area (Å²) in [7, 11) is 0. The van der Waals surface area contributed by atoms with E-state index in [1.54, 1.807) is 11.3 Å². The maximum absolute atomic E-state index is 5.81. The SMILES string of the molecule is Cc1oc(-c2cccs2)nc1COc1ccccc1I. The fourth-order valence-electron chi connectivity index (χ4n) is 1.78. The summed E-state index contributed by atoms with van der Waals surface area (Å²) in [6, 6.07) is 11.9. The average molecular weight is 397 g/mol. The van der Waals surface area contributed by atoms with Crippen LogP contribution in [0.5, 0.6) is 5.75 Å². The van der Waals surface area contributed by atoms with Gasteiger partial charge in [0.15, 0.2) is 0 Å². The highest BCUT2D eigenvalue weighted by molar-refractivity contribution is 14.1. The van der Waals surface area contributed by atoms with Gasteiger partial charge in [-0.1, -0.05) is 18.2 Å². The van der Waals surface area contributed by atoms with Crippen molar-refractivity contribution < 1.29 is 9.15 Å². The topological polar surface area (TPSA) is 35.3 Å². The third kappa shape index (κ3) is 2.88. The fourth-order valence-corrected chi connectivity index (χ4v) is 2.97. The van der Waals surface area contributed by atoms with E-state index < -0.39 is 0 Å². The molecule has 0 saturated heterocycles. The van der Waals surface area contributed by atoms with Crippen LogP contribution in [0.3, 0.4) is 0 Å². The zero-order valence-corrected chi connectivity index (χ0v) is 13.8. The normalized spacial score (nSPS) is 10.7. The van der Waals surface area contributed by atoms with Crippen molar-refractivity contribution in [3.8, 4) is 16.5 Å². The van der Waals surface area contributed by atoms with Crippen LogP contribution in [0.15, 0.2) is 46.2 Å². The summed E-state index contributed by atoms with van der Waals surface area (Å²) in [5, 5.41) is 2.01. The number of aryl methyl sites for hydroxylation is 1. The van der Waals surface area contributed by atoms with Crippen LogP contribution in [0.1, 0.15) is 11.5 Å². The number of ether oxygens (including phenoxy) is 1. The Morgan fingerprint density at radius 1 is 1.25 bits per heavy atom. The molecule has 1 aromatic carbocycles. The van der Waals surface area contributed by atoms with E-state index in [1.165, 1.54) is 0 Å². The quantitative estimate of drug-likeness (QED) is 0.588. The van der Waals surface area contributed by atoms with Gasteiger partial charge in [0.05, 0.1) is 8.45 Å². The van der Waals surface area contributed by atoms with Crippen molar-refractivity contribution in [1.82, 2.24) is 4.98 Å². The molecule has 2 aromatic heterocycles. The minimum atomic E-state index is 0.417. The van der Waals surface area contributed by atoms with Gasteiger partial charge in [0.2, 0.25) is 5.89 Å². The van der Waals surface area contributed by atoms with Crippen LogP contribution in [0.2, 0.25) is 0 Å². The van der Waals surface area contributed by atoms with E-state index in [1.807, 2.05) is 48.7 Å². The molecule has 0 unspecified atom stereocenters. The minimum absolute atomic E-state index is 0.417. The number of rotatable bonds is 4. The number of para-hydroxylation sites is 1. The molecule has 0 amide bonds. The van der Waals surface area contributed by atoms with Crippen molar-refractivity contribution in [1.29, 1.82) is 0 Å². The summed E-state index contributed by atoms with van der Waals surface area (Å²) in [6.45, 7) is 2.33. The maximum atomic E-state index is 5.81. The van der Waals surface area contributed by atoms with Crippen molar-refractivity contribution in [3.05, 3.63) is 56.8 Å². The van der Waals surface area contributed by atoms with Gasteiger partial charge < -0.3 is 9.15 Å². The molecular formula is C15H12INO2S. The van der Waals surface area contributed by atoms with Crippen LogP contribution in [0.4, 0.5) is 0 Å². The Kier molecular flexibility index (Phi) is 4.07. The number of aromatic nitrogens is 1. The van der Waals surface area contributed by atoms with Gasteiger partial charge in [-0.05, 0) is 53.1 Å². The molecule has 20 heavy (non-hydrogen) atoms. The largest absolute Gasteiger partial charge is 0.486 e. The van der Waals surface area contributed by atoms with Crippen molar-refractivity contribution >= 4 is 33.9 Å². The Balaban J connectivity index is 1.77. The molecule has 0 aliphatic carbocycles. The van der Waals surface area contributed by atoms with Crippen molar-refractivity contribution in [3.63, 3.8) is 0 Å². The van der Waals surface area contributed by atoms with E-state index >= 15 is 0 Å². The maximum Gasteiger partial charge on any atom is 0.236 e. The number of thiophene rings is 1. The molecule has 102 valence electrons. The zero-order valence-electron chi connectivity index (χ0n) is 10.8. The van der Waals surface area contributed by atoms with E-state index in [-0.39, 0.29) is 0 Å². The molecule has 0 bridgehead atoms. The first-order valence-electron chi connectivity index (χ1n) is 6.11. The molecule has 3 rings (SSSR count). The fraction of sp³-hybridized carbons (Fsp3) is 0.133. The minimum Gasteiger partial charge on any atom is -0.486 e. The van der Waals surface area contributed by atoms with E-state index in [2.05, 4.69) is 27.6 Å². The lowest BCUT2D eigenvalue weighted by Crippen LogP contribution is -1.98. The van der Waals surface area contributed by atoms with Gasteiger partial charge in [0, 0.05) is 0 Å². The molecule has 2 heterocycles. The molecule has 3 aromatic rings.